The first-order chi connectivity index (χ1) is 14.7. The Morgan fingerprint density at radius 3 is 2.87 bits per heavy atom. The number of aromatic nitrogens is 4. The zero-order valence-electron chi connectivity index (χ0n) is 16.8. The molecule has 154 valence electrons. The third-order valence-electron chi connectivity index (χ3n) is 4.70. The Morgan fingerprint density at radius 2 is 1.93 bits per heavy atom. The molecule has 1 aromatic carbocycles. The molecule has 0 fully saturated rings. The van der Waals surface area contributed by atoms with Crippen LogP contribution in [0.15, 0.2) is 48.9 Å². The molecule has 0 atom stereocenters. The molecule has 1 aliphatic rings. The van der Waals surface area contributed by atoms with E-state index < -0.39 is 0 Å². The summed E-state index contributed by atoms with van der Waals surface area (Å²) in [5.41, 5.74) is 2.86. The number of amides is 1. The lowest BCUT2D eigenvalue weighted by atomic mass is 10.2. The Hall–Kier alpha value is -3.59. The van der Waals surface area contributed by atoms with E-state index in [1.165, 1.54) is 6.33 Å². The van der Waals surface area contributed by atoms with Gasteiger partial charge in [-0.2, -0.15) is 4.98 Å². The van der Waals surface area contributed by atoms with Crippen molar-refractivity contribution in [1.82, 2.24) is 30.2 Å². The van der Waals surface area contributed by atoms with Crippen LogP contribution in [0.4, 0.5) is 17.5 Å². The van der Waals surface area contributed by atoms with Crippen LogP contribution in [0.2, 0.25) is 0 Å². The third-order valence-corrected chi connectivity index (χ3v) is 4.70. The summed E-state index contributed by atoms with van der Waals surface area (Å²) in [6, 6.07) is 11.8. The molecule has 1 amide bonds. The van der Waals surface area contributed by atoms with Gasteiger partial charge in [-0.25, -0.2) is 15.0 Å². The first-order valence-corrected chi connectivity index (χ1v) is 9.86. The van der Waals surface area contributed by atoms with Crippen LogP contribution < -0.4 is 16.0 Å². The summed E-state index contributed by atoms with van der Waals surface area (Å²) >= 11 is 0. The fraction of sp³-hybridized carbons (Fsp3) is 0.286. The Kier molecular flexibility index (Phi) is 6.09. The number of hydrogen-bond acceptors (Lipinski definition) is 8. The van der Waals surface area contributed by atoms with Gasteiger partial charge in [0.2, 0.25) is 11.9 Å². The maximum atomic E-state index is 12.1. The summed E-state index contributed by atoms with van der Waals surface area (Å²) in [6.07, 6.45) is 3.65. The van der Waals surface area contributed by atoms with Crippen LogP contribution in [0, 0.1) is 0 Å². The molecule has 2 aromatic heterocycles. The van der Waals surface area contributed by atoms with E-state index in [2.05, 4.69) is 52.9 Å². The highest BCUT2D eigenvalue weighted by molar-refractivity contribution is 5.76. The molecular formula is C21H24N8O. The fourth-order valence-electron chi connectivity index (χ4n) is 3.20. The highest BCUT2D eigenvalue weighted by atomic mass is 16.1. The standard InChI is InChI=1S/C21H24N8O/c1-29-10-6-19(30)24-9-8-23-18-12-16(5-7-22-18)20-25-14-26-21(28-20)27-17-4-2-3-15(11-17)13-29/h2-5,7,11-12,14H,6,8-10,13H2,1H3,(H,22,23)(H,24,30)(H,25,26,27,28). The van der Waals surface area contributed by atoms with Crippen LogP contribution in [-0.2, 0) is 11.3 Å². The van der Waals surface area contributed by atoms with Crippen molar-refractivity contribution in [2.24, 2.45) is 0 Å². The van der Waals surface area contributed by atoms with Crippen molar-refractivity contribution >= 4 is 23.4 Å². The topological polar surface area (TPSA) is 108 Å². The summed E-state index contributed by atoms with van der Waals surface area (Å²) in [7, 11) is 2.01. The molecule has 1 aliphatic heterocycles. The Balaban J connectivity index is 1.63. The molecule has 0 saturated heterocycles. The number of nitrogens with one attached hydrogen (secondary N) is 3. The number of nitrogens with zero attached hydrogens (tertiary/aromatic N) is 5. The molecule has 3 aromatic rings. The van der Waals surface area contributed by atoms with Crippen LogP contribution in [0.3, 0.4) is 0 Å². The minimum atomic E-state index is 0.0363. The third kappa shape index (κ3) is 5.26. The number of carbonyl (C=O) groups is 1. The van der Waals surface area contributed by atoms with Gasteiger partial charge in [0.05, 0.1) is 0 Å². The molecule has 3 heterocycles. The SMILES string of the molecule is CN1CCC(=O)NCCNc2cc(ccn2)-c2ncnc(n2)Nc2cccc(c2)C1. The number of hydrogen-bond donors (Lipinski definition) is 3. The van der Waals surface area contributed by atoms with E-state index in [9.17, 15) is 4.79 Å². The van der Waals surface area contributed by atoms with Crippen molar-refractivity contribution < 1.29 is 4.79 Å². The van der Waals surface area contributed by atoms with Gasteiger partial charge in [-0.1, -0.05) is 12.1 Å². The monoisotopic (exact) mass is 404 g/mol. The normalized spacial score (nSPS) is 15.6. The minimum absolute atomic E-state index is 0.0363. The Bertz CT molecular complexity index is 1030. The maximum Gasteiger partial charge on any atom is 0.230 e. The summed E-state index contributed by atoms with van der Waals surface area (Å²) in [4.78, 5) is 31.6. The van der Waals surface area contributed by atoms with E-state index in [0.29, 0.717) is 43.6 Å². The molecule has 3 N–H and O–H groups in total. The van der Waals surface area contributed by atoms with Gasteiger partial charge >= 0.3 is 0 Å². The summed E-state index contributed by atoms with van der Waals surface area (Å²) in [5.74, 6) is 1.76. The van der Waals surface area contributed by atoms with Crippen LogP contribution in [0.1, 0.15) is 12.0 Å². The van der Waals surface area contributed by atoms with E-state index in [0.717, 1.165) is 23.4 Å². The maximum absolute atomic E-state index is 12.1. The van der Waals surface area contributed by atoms with Gasteiger partial charge in [-0.15, -0.1) is 0 Å². The molecule has 0 unspecified atom stereocenters. The van der Waals surface area contributed by atoms with Crippen molar-refractivity contribution in [3.8, 4) is 11.4 Å². The van der Waals surface area contributed by atoms with Crippen LogP contribution in [0.25, 0.3) is 11.4 Å². The molecule has 9 nitrogen and oxygen atoms in total. The molecular weight excluding hydrogens is 380 g/mol. The van der Waals surface area contributed by atoms with Crippen molar-refractivity contribution in [1.29, 1.82) is 0 Å². The number of fused-ring (bicyclic) bond motifs is 7. The molecule has 0 aliphatic carbocycles. The number of benzene rings is 1. The van der Waals surface area contributed by atoms with Gasteiger partial charge < -0.3 is 20.9 Å². The minimum Gasteiger partial charge on any atom is -0.368 e. The van der Waals surface area contributed by atoms with E-state index in [4.69, 9.17) is 0 Å². The average Bonchev–Trinajstić information content (AvgIpc) is 2.75. The van der Waals surface area contributed by atoms with E-state index >= 15 is 0 Å². The largest absolute Gasteiger partial charge is 0.368 e. The van der Waals surface area contributed by atoms with Crippen LogP contribution in [-0.4, -0.2) is 57.4 Å². The highest BCUT2D eigenvalue weighted by Gasteiger charge is 2.09. The van der Waals surface area contributed by atoms with Crippen LogP contribution >= 0.6 is 0 Å². The fourth-order valence-corrected chi connectivity index (χ4v) is 3.20. The highest BCUT2D eigenvalue weighted by Crippen LogP contribution is 2.20. The van der Waals surface area contributed by atoms with Gasteiger partial charge in [0, 0.05) is 50.0 Å². The lowest BCUT2D eigenvalue weighted by Crippen LogP contribution is -2.31. The second kappa shape index (κ2) is 9.27. The second-order valence-corrected chi connectivity index (χ2v) is 7.15. The first-order valence-electron chi connectivity index (χ1n) is 9.86. The summed E-state index contributed by atoms with van der Waals surface area (Å²) in [5, 5.41) is 9.41. The van der Waals surface area contributed by atoms with Crippen molar-refractivity contribution in [2.45, 2.75) is 13.0 Å². The van der Waals surface area contributed by atoms with Gasteiger partial charge in [0.25, 0.3) is 0 Å². The van der Waals surface area contributed by atoms with Crippen molar-refractivity contribution in [2.75, 3.05) is 37.3 Å². The van der Waals surface area contributed by atoms with Gasteiger partial charge in [0.1, 0.15) is 12.1 Å². The zero-order valence-corrected chi connectivity index (χ0v) is 16.8. The number of carbonyl (C=O) groups excluding carboxylic acids is 1. The quantitative estimate of drug-likeness (QED) is 0.522. The number of rotatable bonds is 0. The van der Waals surface area contributed by atoms with Crippen molar-refractivity contribution in [3.63, 3.8) is 0 Å². The lowest BCUT2D eigenvalue weighted by molar-refractivity contribution is -0.121. The predicted octanol–water partition coefficient (Wildman–Crippen LogP) is 2.04. The Labute approximate surface area is 175 Å². The number of pyridine rings is 1. The summed E-state index contributed by atoms with van der Waals surface area (Å²) in [6.45, 7) is 2.52. The second-order valence-electron chi connectivity index (χ2n) is 7.15. The van der Waals surface area contributed by atoms with Gasteiger partial charge in [-0.3, -0.25) is 4.79 Å². The van der Waals surface area contributed by atoms with E-state index in [1.54, 1.807) is 6.20 Å². The van der Waals surface area contributed by atoms with Gasteiger partial charge in [0.15, 0.2) is 5.82 Å². The Morgan fingerprint density at radius 1 is 1.03 bits per heavy atom. The molecule has 4 rings (SSSR count). The molecule has 0 radical (unpaired) electrons. The average molecular weight is 404 g/mol. The molecule has 9 heteroatoms. The molecule has 0 spiro atoms. The predicted molar refractivity (Wildman–Crippen MR) is 115 cm³/mol. The first kappa shape index (κ1) is 19.7. The van der Waals surface area contributed by atoms with Gasteiger partial charge in [-0.05, 0) is 36.9 Å². The molecule has 6 bridgehead atoms. The number of anilines is 3. The molecule has 0 saturated carbocycles. The van der Waals surface area contributed by atoms with Crippen LogP contribution in [0.5, 0.6) is 0 Å². The van der Waals surface area contributed by atoms with Crippen molar-refractivity contribution in [3.05, 3.63) is 54.5 Å². The van der Waals surface area contributed by atoms with E-state index in [-0.39, 0.29) is 5.91 Å². The zero-order chi connectivity index (χ0) is 20.8. The summed E-state index contributed by atoms with van der Waals surface area (Å²) < 4.78 is 0. The van der Waals surface area contributed by atoms with E-state index in [1.807, 2.05) is 31.3 Å². The molecule has 30 heavy (non-hydrogen) atoms. The smallest absolute Gasteiger partial charge is 0.230 e. The lowest BCUT2D eigenvalue weighted by Gasteiger charge is -2.17.